The summed E-state index contributed by atoms with van der Waals surface area (Å²) in [6, 6.07) is 10.6. The van der Waals surface area contributed by atoms with Crippen LogP contribution in [0.3, 0.4) is 0 Å². The molecule has 1 saturated heterocycles. The highest BCUT2D eigenvalue weighted by Gasteiger charge is 2.26. The van der Waals surface area contributed by atoms with Crippen molar-refractivity contribution >= 4 is 34.2 Å². The number of hydrogen-bond acceptors (Lipinski definition) is 4. The maximum absolute atomic E-state index is 5.80. The topological polar surface area (TPSA) is 42.1 Å². The third-order valence-corrected chi connectivity index (χ3v) is 5.21. The van der Waals surface area contributed by atoms with Crippen LogP contribution in [0.25, 0.3) is 10.9 Å². The molecule has 0 aliphatic carbocycles. The van der Waals surface area contributed by atoms with E-state index < -0.39 is 0 Å². The summed E-state index contributed by atoms with van der Waals surface area (Å²) >= 11 is 2.04. The highest BCUT2D eigenvalue weighted by Crippen LogP contribution is 2.29. The van der Waals surface area contributed by atoms with E-state index >= 15 is 0 Å². The lowest BCUT2D eigenvalue weighted by molar-refractivity contribution is 0.621. The molecule has 100 valence electrons. The van der Waals surface area contributed by atoms with Gasteiger partial charge in [0.15, 0.2) is 0 Å². The maximum Gasteiger partial charge on any atom is 0.129 e. The van der Waals surface area contributed by atoms with Crippen LogP contribution in [-0.4, -0.2) is 28.6 Å². The zero-order chi connectivity index (χ0) is 13.4. The number of pyridine rings is 1. The highest BCUT2D eigenvalue weighted by molar-refractivity contribution is 8.00. The minimum Gasteiger partial charge on any atom is -0.399 e. The van der Waals surface area contributed by atoms with Gasteiger partial charge < -0.3 is 10.6 Å². The first-order valence-electron chi connectivity index (χ1n) is 6.70. The van der Waals surface area contributed by atoms with Crippen LogP contribution in [0.1, 0.15) is 13.8 Å². The predicted molar refractivity (Wildman–Crippen MR) is 84.9 cm³/mol. The van der Waals surface area contributed by atoms with E-state index in [1.54, 1.807) is 0 Å². The molecule has 0 saturated carbocycles. The summed E-state index contributed by atoms with van der Waals surface area (Å²) in [4.78, 5) is 7.20. The molecule has 2 heterocycles. The SMILES string of the molecule is CC1SCCN(c2ccc3cc(N)ccc3n2)C1C. The number of nitrogens with zero attached hydrogens (tertiary/aromatic N) is 2. The van der Waals surface area contributed by atoms with E-state index in [2.05, 4.69) is 30.9 Å². The molecule has 19 heavy (non-hydrogen) atoms. The molecular formula is C15H19N3S. The van der Waals surface area contributed by atoms with Gasteiger partial charge in [0.05, 0.1) is 5.52 Å². The van der Waals surface area contributed by atoms with Gasteiger partial charge in [-0.25, -0.2) is 4.98 Å². The van der Waals surface area contributed by atoms with Crippen molar-refractivity contribution in [1.82, 2.24) is 4.98 Å². The molecule has 2 aromatic rings. The van der Waals surface area contributed by atoms with Gasteiger partial charge in [-0.05, 0) is 37.3 Å². The van der Waals surface area contributed by atoms with E-state index in [1.807, 2.05) is 30.0 Å². The number of thioether (sulfide) groups is 1. The normalized spacial score (nSPS) is 23.8. The van der Waals surface area contributed by atoms with Crippen LogP contribution >= 0.6 is 11.8 Å². The molecule has 2 N–H and O–H groups in total. The molecule has 3 nitrogen and oxygen atoms in total. The lowest BCUT2D eigenvalue weighted by Crippen LogP contribution is -2.45. The van der Waals surface area contributed by atoms with Crippen LogP contribution < -0.4 is 10.6 Å². The fraction of sp³-hybridized carbons (Fsp3) is 0.400. The molecule has 3 rings (SSSR count). The fourth-order valence-corrected chi connectivity index (χ4v) is 3.65. The van der Waals surface area contributed by atoms with Gasteiger partial charge in [-0.3, -0.25) is 0 Å². The van der Waals surface area contributed by atoms with E-state index in [9.17, 15) is 0 Å². The van der Waals surface area contributed by atoms with Crippen LogP contribution in [0.2, 0.25) is 0 Å². The van der Waals surface area contributed by atoms with Crippen LogP contribution in [0, 0.1) is 0 Å². The van der Waals surface area contributed by atoms with Crippen molar-refractivity contribution in [2.45, 2.75) is 25.1 Å². The average Bonchev–Trinajstić information content (AvgIpc) is 2.41. The lowest BCUT2D eigenvalue weighted by Gasteiger charge is -2.38. The lowest BCUT2D eigenvalue weighted by atomic mass is 10.1. The summed E-state index contributed by atoms with van der Waals surface area (Å²) in [7, 11) is 0. The molecule has 0 spiro atoms. The standard InChI is InChI=1S/C15H19N3S/c1-10-11(2)19-8-7-18(10)15-6-3-12-9-13(16)4-5-14(12)17-15/h3-6,9-11H,7-8,16H2,1-2H3. The zero-order valence-electron chi connectivity index (χ0n) is 11.3. The summed E-state index contributed by atoms with van der Waals surface area (Å²) in [6.07, 6.45) is 0. The fourth-order valence-electron chi connectivity index (χ4n) is 2.55. The second-order valence-electron chi connectivity index (χ2n) is 5.13. The Balaban J connectivity index is 1.98. The van der Waals surface area contributed by atoms with E-state index in [1.165, 1.54) is 5.75 Å². The molecule has 0 bridgehead atoms. The molecule has 1 aliphatic heterocycles. The average molecular weight is 273 g/mol. The highest BCUT2D eigenvalue weighted by atomic mass is 32.2. The predicted octanol–water partition coefficient (Wildman–Crippen LogP) is 3.15. The Kier molecular flexibility index (Phi) is 3.27. The smallest absolute Gasteiger partial charge is 0.129 e. The van der Waals surface area contributed by atoms with Crippen molar-refractivity contribution in [3.8, 4) is 0 Å². The quantitative estimate of drug-likeness (QED) is 0.811. The number of nitrogen functional groups attached to an aromatic ring is 1. The van der Waals surface area contributed by atoms with E-state index in [0.29, 0.717) is 11.3 Å². The first-order valence-corrected chi connectivity index (χ1v) is 7.74. The van der Waals surface area contributed by atoms with Crippen molar-refractivity contribution in [2.24, 2.45) is 0 Å². The molecule has 2 unspecified atom stereocenters. The number of rotatable bonds is 1. The molecule has 1 aromatic heterocycles. The number of nitrogens with two attached hydrogens (primary N) is 1. The third-order valence-electron chi connectivity index (χ3n) is 3.88. The number of hydrogen-bond donors (Lipinski definition) is 1. The Bertz CT molecular complexity index is 599. The van der Waals surface area contributed by atoms with Crippen molar-refractivity contribution in [3.63, 3.8) is 0 Å². The molecule has 1 aromatic carbocycles. The van der Waals surface area contributed by atoms with Gasteiger partial charge in [-0.15, -0.1) is 0 Å². The van der Waals surface area contributed by atoms with Crippen molar-refractivity contribution in [2.75, 3.05) is 22.9 Å². The van der Waals surface area contributed by atoms with Gasteiger partial charge in [0.1, 0.15) is 5.82 Å². The van der Waals surface area contributed by atoms with Crippen LogP contribution in [0.15, 0.2) is 30.3 Å². The van der Waals surface area contributed by atoms with E-state index in [4.69, 9.17) is 10.7 Å². The number of fused-ring (bicyclic) bond motifs is 1. The summed E-state index contributed by atoms with van der Waals surface area (Å²) in [5.74, 6) is 2.25. The van der Waals surface area contributed by atoms with Crippen LogP contribution in [-0.2, 0) is 0 Å². The number of anilines is 2. The minimum absolute atomic E-state index is 0.525. The molecule has 0 amide bonds. The molecule has 2 atom stereocenters. The molecule has 0 radical (unpaired) electrons. The zero-order valence-corrected chi connectivity index (χ0v) is 12.2. The first-order chi connectivity index (χ1) is 9.15. The molecular weight excluding hydrogens is 254 g/mol. The Morgan fingerprint density at radius 1 is 1.26 bits per heavy atom. The summed E-state index contributed by atoms with van der Waals surface area (Å²) in [5, 5.41) is 1.76. The minimum atomic E-state index is 0.525. The largest absolute Gasteiger partial charge is 0.399 e. The Hall–Kier alpha value is -1.42. The Morgan fingerprint density at radius 2 is 2.11 bits per heavy atom. The molecule has 1 fully saturated rings. The monoisotopic (exact) mass is 273 g/mol. The van der Waals surface area contributed by atoms with Gasteiger partial charge >= 0.3 is 0 Å². The summed E-state index contributed by atoms with van der Waals surface area (Å²) < 4.78 is 0. The van der Waals surface area contributed by atoms with Gasteiger partial charge in [0, 0.05) is 34.7 Å². The van der Waals surface area contributed by atoms with Crippen LogP contribution in [0.4, 0.5) is 11.5 Å². The second-order valence-corrected chi connectivity index (χ2v) is 6.62. The van der Waals surface area contributed by atoms with Gasteiger partial charge in [0.2, 0.25) is 0 Å². The van der Waals surface area contributed by atoms with E-state index in [-0.39, 0.29) is 0 Å². The maximum atomic E-state index is 5.80. The second kappa shape index (κ2) is 4.93. The Labute approximate surface area is 118 Å². The Morgan fingerprint density at radius 3 is 2.95 bits per heavy atom. The van der Waals surface area contributed by atoms with Crippen molar-refractivity contribution < 1.29 is 0 Å². The van der Waals surface area contributed by atoms with E-state index in [0.717, 1.165) is 29.0 Å². The number of benzene rings is 1. The third kappa shape index (κ3) is 2.37. The number of aromatic nitrogens is 1. The summed E-state index contributed by atoms with van der Waals surface area (Å²) in [6.45, 7) is 5.65. The molecule has 4 heteroatoms. The van der Waals surface area contributed by atoms with Crippen molar-refractivity contribution in [1.29, 1.82) is 0 Å². The van der Waals surface area contributed by atoms with Crippen molar-refractivity contribution in [3.05, 3.63) is 30.3 Å². The van der Waals surface area contributed by atoms with Gasteiger partial charge in [0.25, 0.3) is 0 Å². The van der Waals surface area contributed by atoms with Gasteiger partial charge in [-0.2, -0.15) is 11.8 Å². The molecule has 1 aliphatic rings. The summed E-state index contributed by atoms with van der Waals surface area (Å²) in [5.41, 5.74) is 7.61. The van der Waals surface area contributed by atoms with Crippen LogP contribution in [0.5, 0.6) is 0 Å². The van der Waals surface area contributed by atoms with Gasteiger partial charge in [-0.1, -0.05) is 6.92 Å². The first kappa shape index (κ1) is 12.6.